The number of carbonyl (C=O) groups excluding carboxylic acids is 1. The van der Waals surface area contributed by atoms with Crippen molar-refractivity contribution in [1.29, 1.82) is 0 Å². The Morgan fingerprint density at radius 1 is 1.07 bits per heavy atom. The molecular weight excluding hydrogens is 524 g/mol. The summed E-state index contributed by atoms with van der Waals surface area (Å²) >= 11 is 6.71. The topological polar surface area (TPSA) is 75.7 Å². The van der Waals surface area contributed by atoms with Crippen molar-refractivity contribution in [3.8, 4) is 5.75 Å². The molecule has 29 heavy (non-hydrogen) atoms. The molecular formula is C20H20Br2N2O4S. The Bertz CT molecular complexity index is 982. The minimum Gasteiger partial charge on any atom is -0.483 e. The third-order valence-electron chi connectivity index (χ3n) is 3.69. The molecule has 6 nitrogen and oxygen atoms in total. The number of benzene rings is 2. The van der Waals surface area contributed by atoms with E-state index in [4.69, 9.17) is 4.74 Å². The Balaban J connectivity index is 2.01. The van der Waals surface area contributed by atoms with Gasteiger partial charge < -0.3 is 10.1 Å². The summed E-state index contributed by atoms with van der Waals surface area (Å²) in [7, 11) is -3.68. The van der Waals surface area contributed by atoms with Crippen molar-refractivity contribution >= 4 is 53.5 Å². The van der Waals surface area contributed by atoms with Gasteiger partial charge in [-0.3, -0.25) is 4.79 Å². The predicted octanol–water partition coefficient (Wildman–Crippen LogP) is 4.59. The van der Waals surface area contributed by atoms with E-state index in [2.05, 4.69) is 50.3 Å². The van der Waals surface area contributed by atoms with Gasteiger partial charge in [-0.25, -0.2) is 8.42 Å². The molecule has 0 aromatic heterocycles. The Labute approximate surface area is 187 Å². The largest absolute Gasteiger partial charge is 0.483 e. The van der Waals surface area contributed by atoms with E-state index in [1.165, 1.54) is 40.7 Å². The Hall–Kier alpha value is -1.94. The van der Waals surface area contributed by atoms with E-state index in [1.807, 2.05) is 6.07 Å². The summed E-state index contributed by atoms with van der Waals surface area (Å²) in [5.74, 6) is 0.171. The van der Waals surface area contributed by atoms with E-state index in [0.717, 1.165) is 8.95 Å². The van der Waals surface area contributed by atoms with Gasteiger partial charge in [0.25, 0.3) is 5.91 Å². The summed E-state index contributed by atoms with van der Waals surface area (Å²) in [5, 5.41) is 2.67. The second kappa shape index (κ2) is 10.7. The molecule has 0 heterocycles. The first-order valence-corrected chi connectivity index (χ1v) is 11.5. The summed E-state index contributed by atoms with van der Waals surface area (Å²) in [5.41, 5.74) is 0.464. The van der Waals surface area contributed by atoms with Crippen LogP contribution in [0.1, 0.15) is 0 Å². The van der Waals surface area contributed by atoms with Gasteiger partial charge in [0.05, 0.1) is 9.37 Å². The monoisotopic (exact) mass is 542 g/mol. The van der Waals surface area contributed by atoms with Crippen LogP contribution in [0.5, 0.6) is 5.75 Å². The van der Waals surface area contributed by atoms with Crippen LogP contribution in [0.3, 0.4) is 0 Å². The molecule has 0 saturated carbocycles. The van der Waals surface area contributed by atoms with E-state index in [-0.39, 0.29) is 30.5 Å². The molecule has 1 amide bonds. The number of hydrogen-bond donors (Lipinski definition) is 1. The van der Waals surface area contributed by atoms with Gasteiger partial charge in [0.2, 0.25) is 10.0 Å². The average molecular weight is 544 g/mol. The van der Waals surface area contributed by atoms with Crippen LogP contribution in [0.2, 0.25) is 0 Å². The normalized spacial score (nSPS) is 11.1. The molecule has 0 aliphatic heterocycles. The zero-order valence-corrected chi connectivity index (χ0v) is 19.5. The summed E-state index contributed by atoms with van der Waals surface area (Å²) in [6, 6.07) is 11.3. The number of amides is 1. The molecule has 9 heteroatoms. The van der Waals surface area contributed by atoms with E-state index in [1.54, 1.807) is 12.1 Å². The first kappa shape index (κ1) is 23.3. The van der Waals surface area contributed by atoms with Gasteiger partial charge >= 0.3 is 0 Å². The van der Waals surface area contributed by atoms with Crippen molar-refractivity contribution in [3.05, 3.63) is 76.7 Å². The van der Waals surface area contributed by atoms with Crippen molar-refractivity contribution in [2.24, 2.45) is 0 Å². The molecule has 0 radical (unpaired) electrons. The zero-order valence-electron chi connectivity index (χ0n) is 15.5. The molecule has 2 rings (SSSR count). The minimum atomic E-state index is -3.68. The molecule has 0 saturated heterocycles. The van der Waals surface area contributed by atoms with Crippen LogP contribution in [0.25, 0.3) is 0 Å². The van der Waals surface area contributed by atoms with Crippen LogP contribution in [0, 0.1) is 0 Å². The number of sulfonamides is 1. The second-order valence-corrected chi connectivity index (χ2v) is 9.54. The van der Waals surface area contributed by atoms with Crippen molar-refractivity contribution in [1.82, 2.24) is 4.31 Å². The number of hydrogen-bond acceptors (Lipinski definition) is 4. The molecule has 0 aliphatic carbocycles. The van der Waals surface area contributed by atoms with E-state index in [0.29, 0.717) is 11.4 Å². The van der Waals surface area contributed by atoms with Crippen molar-refractivity contribution in [2.75, 3.05) is 25.0 Å². The highest BCUT2D eigenvalue weighted by molar-refractivity contribution is 9.11. The SMILES string of the molecule is C=CCN(CC=C)S(=O)(=O)c1ccc(NC(=O)COc2ccc(Br)cc2Br)cc1. The third kappa shape index (κ3) is 6.53. The highest BCUT2D eigenvalue weighted by Gasteiger charge is 2.22. The number of ether oxygens (including phenoxy) is 1. The van der Waals surface area contributed by atoms with Gasteiger partial charge in [-0.1, -0.05) is 28.1 Å². The Morgan fingerprint density at radius 3 is 2.24 bits per heavy atom. The lowest BCUT2D eigenvalue weighted by Gasteiger charge is -2.19. The van der Waals surface area contributed by atoms with Gasteiger partial charge in [-0.15, -0.1) is 13.2 Å². The van der Waals surface area contributed by atoms with E-state index >= 15 is 0 Å². The number of halogens is 2. The molecule has 0 spiro atoms. The zero-order chi connectivity index (χ0) is 21.4. The van der Waals surface area contributed by atoms with Crippen molar-refractivity contribution < 1.29 is 17.9 Å². The van der Waals surface area contributed by atoms with Crippen molar-refractivity contribution in [3.63, 3.8) is 0 Å². The standard InChI is InChI=1S/C20H20Br2N2O4S/c1-3-11-24(12-4-2)29(26,27)17-8-6-16(7-9-17)23-20(25)14-28-19-10-5-15(21)13-18(19)22/h3-10,13H,1-2,11-12,14H2,(H,23,25). The van der Waals surface area contributed by atoms with Gasteiger partial charge in [-0.2, -0.15) is 4.31 Å². The molecule has 0 atom stereocenters. The average Bonchev–Trinajstić information content (AvgIpc) is 2.67. The lowest BCUT2D eigenvalue weighted by atomic mass is 10.3. The molecule has 0 aliphatic rings. The lowest BCUT2D eigenvalue weighted by Crippen LogP contribution is -2.31. The maximum Gasteiger partial charge on any atom is 0.262 e. The number of carbonyl (C=O) groups is 1. The molecule has 2 aromatic carbocycles. The highest BCUT2D eigenvalue weighted by Crippen LogP contribution is 2.28. The van der Waals surface area contributed by atoms with Crippen LogP contribution >= 0.6 is 31.9 Å². The lowest BCUT2D eigenvalue weighted by molar-refractivity contribution is -0.118. The first-order chi connectivity index (χ1) is 13.8. The molecule has 0 fully saturated rings. The molecule has 0 bridgehead atoms. The molecule has 0 unspecified atom stereocenters. The number of nitrogens with one attached hydrogen (secondary N) is 1. The first-order valence-electron chi connectivity index (χ1n) is 8.47. The number of anilines is 1. The van der Waals surface area contributed by atoms with Gasteiger partial charge in [0.1, 0.15) is 5.75 Å². The molecule has 2 aromatic rings. The predicted molar refractivity (Wildman–Crippen MR) is 122 cm³/mol. The van der Waals surface area contributed by atoms with Crippen LogP contribution in [-0.2, 0) is 14.8 Å². The molecule has 154 valence electrons. The summed E-state index contributed by atoms with van der Waals surface area (Å²) < 4.78 is 33.7. The van der Waals surface area contributed by atoms with Gasteiger partial charge in [-0.05, 0) is 58.4 Å². The van der Waals surface area contributed by atoms with Gasteiger partial charge in [0.15, 0.2) is 6.61 Å². The number of nitrogens with zero attached hydrogens (tertiary/aromatic N) is 1. The van der Waals surface area contributed by atoms with Crippen LogP contribution in [-0.4, -0.2) is 38.3 Å². The summed E-state index contributed by atoms with van der Waals surface area (Å²) in [4.78, 5) is 12.2. The summed E-state index contributed by atoms with van der Waals surface area (Å²) in [6.45, 7) is 7.33. The fourth-order valence-corrected chi connectivity index (χ4v) is 4.89. The highest BCUT2D eigenvalue weighted by atomic mass is 79.9. The van der Waals surface area contributed by atoms with Crippen LogP contribution < -0.4 is 10.1 Å². The van der Waals surface area contributed by atoms with Crippen molar-refractivity contribution in [2.45, 2.75) is 4.90 Å². The van der Waals surface area contributed by atoms with Gasteiger partial charge in [0, 0.05) is 23.2 Å². The maximum absolute atomic E-state index is 12.7. The smallest absolute Gasteiger partial charge is 0.262 e. The quantitative estimate of drug-likeness (QED) is 0.445. The third-order valence-corrected chi connectivity index (χ3v) is 6.65. The fraction of sp³-hybridized carbons (Fsp3) is 0.150. The van der Waals surface area contributed by atoms with Crippen LogP contribution in [0.4, 0.5) is 5.69 Å². The fourth-order valence-electron chi connectivity index (χ4n) is 2.35. The second-order valence-electron chi connectivity index (χ2n) is 5.84. The molecule has 1 N–H and O–H groups in total. The Kier molecular flexibility index (Phi) is 8.63. The Morgan fingerprint density at radius 2 is 1.69 bits per heavy atom. The van der Waals surface area contributed by atoms with Crippen LogP contribution in [0.15, 0.2) is 81.6 Å². The van der Waals surface area contributed by atoms with E-state index < -0.39 is 10.0 Å². The summed E-state index contributed by atoms with van der Waals surface area (Å²) in [6.07, 6.45) is 3.03. The minimum absolute atomic E-state index is 0.120. The number of rotatable bonds is 10. The maximum atomic E-state index is 12.7. The van der Waals surface area contributed by atoms with E-state index in [9.17, 15) is 13.2 Å².